The average Bonchev–Trinajstić information content (AvgIpc) is 2.95. The number of aromatic nitrogens is 2. The molecule has 1 saturated heterocycles. The fourth-order valence-corrected chi connectivity index (χ4v) is 5.72. The zero-order valence-electron chi connectivity index (χ0n) is 15.1. The first-order valence-electron chi connectivity index (χ1n) is 9.32. The highest BCUT2D eigenvalue weighted by Crippen LogP contribution is 2.41. The monoisotopic (exact) mass is 375 g/mol. The Morgan fingerprint density at radius 1 is 1.27 bits per heavy atom. The molecule has 7 heteroatoms. The first-order valence-corrected chi connectivity index (χ1v) is 11.2. The summed E-state index contributed by atoms with van der Waals surface area (Å²) in [5.41, 5.74) is 2.03. The number of carbonyl (C=O) groups is 1. The van der Waals surface area contributed by atoms with E-state index in [4.69, 9.17) is 0 Å². The molecule has 1 aliphatic carbocycles. The van der Waals surface area contributed by atoms with Gasteiger partial charge in [-0.3, -0.25) is 4.79 Å². The number of rotatable bonds is 4. The number of sulfone groups is 1. The zero-order valence-corrected chi connectivity index (χ0v) is 15.9. The van der Waals surface area contributed by atoms with Crippen LogP contribution in [0, 0.1) is 5.92 Å². The third-order valence-corrected chi connectivity index (χ3v) is 8.09. The highest BCUT2D eigenvalue weighted by Gasteiger charge is 2.54. The van der Waals surface area contributed by atoms with Crippen LogP contribution in [0.15, 0.2) is 24.3 Å². The molecule has 2 fully saturated rings. The van der Waals surface area contributed by atoms with Gasteiger partial charge < -0.3 is 9.88 Å². The molecule has 26 heavy (non-hydrogen) atoms. The van der Waals surface area contributed by atoms with Crippen LogP contribution in [-0.4, -0.2) is 53.3 Å². The molecule has 0 unspecified atom stereocenters. The minimum Gasteiger partial charge on any atom is -0.342 e. The second-order valence-electron chi connectivity index (χ2n) is 7.76. The number of carbonyl (C=O) groups excluding carboxylic acids is 1. The summed E-state index contributed by atoms with van der Waals surface area (Å²) in [7, 11) is -3.36. The summed E-state index contributed by atoms with van der Waals surface area (Å²) in [6.45, 7) is 1.28. The van der Waals surface area contributed by atoms with Gasteiger partial charge in [-0.2, -0.15) is 0 Å². The van der Waals surface area contributed by atoms with Crippen LogP contribution < -0.4 is 0 Å². The van der Waals surface area contributed by atoms with E-state index in [-0.39, 0.29) is 5.91 Å². The Hall–Kier alpha value is -1.89. The number of hydrogen-bond acceptors (Lipinski definition) is 4. The first-order chi connectivity index (χ1) is 12.4. The molecular formula is C19H25N3O3S. The molecule has 1 aromatic carbocycles. The Labute approximate surface area is 153 Å². The van der Waals surface area contributed by atoms with Crippen molar-refractivity contribution in [2.45, 2.75) is 43.3 Å². The summed E-state index contributed by atoms with van der Waals surface area (Å²) in [5.74, 6) is 1.28. The summed E-state index contributed by atoms with van der Waals surface area (Å²) >= 11 is 0. The summed E-state index contributed by atoms with van der Waals surface area (Å²) in [4.78, 5) is 22.6. The van der Waals surface area contributed by atoms with Crippen molar-refractivity contribution in [2.75, 3.05) is 19.3 Å². The number of amides is 1. The topological polar surface area (TPSA) is 83.1 Å². The number of nitrogens with one attached hydrogen (secondary N) is 1. The summed E-state index contributed by atoms with van der Waals surface area (Å²) in [6.07, 6.45) is 5.63. The van der Waals surface area contributed by atoms with Gasteiger partial charge in [-0.05, 0) is 50.2 Å². The number of hydrogen-bond donors (Lipinski definition) is 1. The maximum Gasteiger partial charge on any atom is 0.244 e. The Kier molecular flexibility index (Phi) is 4.29. The largest absolute Gasteiger partial charge is 0.342 e. The Balaban J connectivity index is 1.39. The number of nitrogens with zero attached hydrogens (tertiary/aromatic N) is 2. The lowest BCUT2D eigenvalue weighted by Gasteiger charge is -2.43. The third-order valence-electron chi connectivity index (χ3n) is 6.08. The molecule has 0 radical (unpaired) electrons. The second-order valence-corrected chi connectivity index (χ2v) is 10.1. The number of aromatic amines is 1. The molecule has 6 nitrogen and oxygen atoms in total. The quantitative estimate of drug-likeness (QED) is 0.889. The van der Waals surface area contributed by atoms with Gasteiger partial charge in [0.05, 0.1) is 11.0 Å². The molecule has 140 valence electrons. The lowest BCUT2D eigenvalue weighted by Crippen LogP contribution is -2.59. The fraction of sp³-hybridized carbons (Fsp3) is 0.579. The van der Waals surface area contributed by atoms with Gasteiger partial charge in [0.25, 0.3) is 0 Å². The smallest absolute Gasteiger partial charge is 0.244 e. The van der Waals surface area contributed by atoms with Crippen molar-refractivity contribution < 1.29 is 13.2 Å². The number of imidazole rings is 1. The van der Waals surface area contributed by atoms with Crippen molar-refractivity contribution in [3.05, 3.63) is 30.1 Å². The maximum absolute atomic E-state index is 12.9. The van der Waals surface area contributed by atoms with Crippen molar-refractivity contribution in [2.24, 2.45) is 5.92 Å². The van der Waals surface area contributed by atoms with Crippen LogP contribution in [0.2, 0.25) is 0 Å². The second kappa shape index (κ2) is 6.37. The molecule has 2 heterocycles. The van der Waals surface area contributed by atoms with Crippen LogP contribution in [-0.2, 0) is 21.1 Å². The van der Waals surface area contributed by atoms with Crippen molar-refractivity contribution in [1.29, 1.82) is 0 Å². The van der Waals surface area contributed by atoms with E-state index in [1.807, 2.05) is 24.3 Å². The normalized spacial score (nSPS) is 20.9. The van der Waals surface area contributed by atoms with E-state index in [1.165, 1.54) is 6.26 Å². The van der Waals surface area contributed by atoms with E-state index in [2.05, 4.69) is 9.97 Å². The van der Waals surface area contributed by atoms with E-state index in [0.29, 0.717) is 31.8 Å². The number of benzene rings is 1. The highest BCUT2D eigenvalue weighted by molar-refractivity contribution is 7.93. The van der Waals surface area contributed by atoms with E-state index >= 15 is 0 Å². The van der Waals surface area contributed by atoms with E-state index < -0.39 is 14.6 Å². The molecule has 1 N–H and O–H groups in total. The van der Waals surface area contributed by atoms with Crippen molar-refractivity contribution in [3.63, 3.8) is 0 Å². The number of likely N-dealkylation sites (tertiary alicyclic amines) is 1. The molecule has 4 rings (SSSR count). The van der Waals surface area contributed by atoms with E-state index in [1.54, 1.807) is 4.90 Å². The number of fused-ring (bicyclic) bond motifs is 1. The van der Waals surface area contributed by atoms with E-state index in [9.17, 15) is 13.2 Å². The van der Waals surface area contributed by atoms with Crippen molar-refractivity contribution in [3.8, 4) is 0 Å². The lowest BCUT2D eigenvalue weighted by molar-refractivity contribution is -0.137. The van der Waals surface area contributed by atoms with Crippen LogP contribution in [0.5, 0.6) is 0 Å². The van der Waals surface area contributed by atoms with Gasteiger partial charge in [0.1, 0.15) is 5.82 Å². The number of piperidine rings is 1. The van der Waals surface area contributed by atoms with Crippen LogP contribution in [0.4, 0.5) is 0 Å². The minimum absolute atomic E-state index is 0.173. The Bertz CT molecular complexity index is 889. The SMILES string of the molecule is CS(=O)(=O)C1(C(=O)N2CCC(Cc3nc4ccccc4[nH]3)CC2)CCC1. The fourth-order valence-electron chi connectivity index (χ4n) is 4.25. The molecule has 0 bridgehead atoms. The van der Waals surface area contributed by atoms with Gasteiger partial charge >= 0.3 is 0 Å². The summed E-state index contributed by atoms with van der Waals surface area (Å²) < 4.78 is 23.2. The number of para-hydroxylation sites is 2. The van der Waals surface area contributed by atoms with Gasteiger partial charge in [0.2, 0.25) is 5.91 Å². The van der Waals surface area contributed by atoms with Gasteiger partial charge in [-0.25, -0.2) is 13.4 Å². The minimum atomic E-state index is -3.36. The summed E-state index contributed by atoms with van der Waals surface area (Å²) in [6, 6.07) is 8.00. The van der Waals surface area contributed by atoms with Crippen LogP contribution in [0.3, 0.4) is 0 Å². The third kappa shape index (κ3) is 2.92. The predicted molar refractivity (Wildman–Crippen MR) is 101 cm³/mol. The number of H-pyrrole nitrogens is 1. The Morgan fingerprint density at radius 3 is 2.54 bits per heavy atom. The maximum atomic E-state index is 12.9. The Morgan fingerprint density at radius 2 is 1.96 bits per heavy atom. The summed E-state index contributed by atoms with van der Waals surface area (Å²) in [5, 5.41) is 0. The molecular weight excluding hydrogens is 350 g/mol. The molecule has 0 spiro atoms. The van der Waals surface area contributed by atoms with Crippen molar-refractivity contribution >= 4 is 26.8 Å². The van der Waals surface area contributed by atoms with Crippen LogP contribution in [0.1, 0.15) is 37.9 Å². The van der Waals surface area contributed by atoms with Gasteiger partial charge in [-0.15, -0.1) is 0 Å². The van der Waals surface area contributed by atoms with Gasteiger partial charge in [0, 0.05) is 25.8 Å². The van der Waals surface area contributed by atoms with Gasteiger partial charge in [-0.1, -0.05) is 12.1 Å². The van der Waals surface area contributed by atoms with E-state index in [0.717, 1.165) is 42.5 Å². The molecule has 0 atom stereocenters. The molecule has 1 saturated carbocycles. The van der Waals surface area contributed by atoms with Crippen LogP contribution >= 0.6 is 0 Å². The highest BCUT2D eigenvalue weighted by atomic mass is 32.2. The molecule has 2 aromatic rings. The molecule has 1 aliphatic heterocycles. The molecule has 1 aromatic heterocycles. The zero-order chi connectivity index (χ0) is 18.4. The van der Waals surface area contributed by atoms with Gasteiger partial charge in [0.15, 0.2) is 14.6 Å². The standard InChI is InChI=1S/C19H25N3O3S/c1-26(24,25)19(9-4-10-19)18(23)22-11-7-14(8-12-22)13-17-20-15-5-2-3-6-16(15)21-17/h2-3,5-6,14H,4,7-13H2,1H3,(H,20,21). The first kappa shape index (κ1) is 17.5. The van der Waals surface area contributed by atoms with Crippen molar-refractivity contribution in [1.82, 2.24) is 14.9 Å². The molecule has 1 amide bonds. The lowest BCUT2D eigenvalue weighted by atomic mass is 9.82. The average molecular weight is 375 g/mol. The predicted octanol–water partition coefficient (Wildman–Crippen LogP) is 2.31. The molecule has 2 aliphatic rings. The van der Waals surface area contributed by atoms with Crippen LogP contribution in [0.25, 0.3) is 11.0 Å².